The molecule has 0 atom stereocenters. The zero-order valence-electron chi connectivity index (χ0n) is 7.86. The van der Waals surface area contributed by atoms with Crippen molar-refractivity contribution in [2.75, 3.05) is 10.5 Å². The Bertz CT molecular complexity index is 507. The third-order valence-electron chi connectivity index (χ3n) is 1.57. The van der Waals surface area contributed by atoms with Crippen molar-refractivity contribution < 1.29 is 8.42 Å². The van der Waals surface area contributed by atoms with Gasteiger partial charge in [0.2, 0.25) is 10.0 Å². The number of hydrogen-bond donors (Lipinski definition) is 1. The zero-order valence-corrected chi connectivity index (χ0v) is 9.43. The highest BCUT2D eigenvalue weighted by molar-refractivity contribution is 7.92. The van der Waals surface area contributed by atoms with Gasteiger partial charge in [-0.15, -0.1) is 0 Å². The Morgan fingerprint density at radius 1 is 1.60 bits per heavy atom. The molecule has 0 fully saturated rings. The first kappa shape index (κ1) is 11.8. The van der Waals surface area contributed by atoms with Crippen LogP contribution in [-0.4, -0.2) is 19.2 Å². The minimum absolute atomic E-state index is 0.288. The molecule has 0 saturated carbocycles. The molecule has 0 amide bonds. The quantitative estimate of drug-likeness (QED) is 0.814. The summed E-state index contributed by atoms with van der Waals surface area (Å²) in [4.78, 5) is 3.87. The van der Waals surface area contributed by atoms with E-state index < -0.39 is 15.8 Å². The van der Waals surface area contributed by atoms with Crippen LogP contribution in [0.5, 0.6) is 0 Å². The Hall–Kier alpha value is -1.32. The first-order valence-electron chi connectivity index (χ1n) is 3.95. The van der Waals surface area contributed by atoms with Crippen LogP contribution in [0.2, 0.25) is 5.15 Å². The molecule has 0 aliphatic carbocycles. The van der Waals surface area contributed by atoms with Crippen molar-refractivity contribution in [3.8, 4) is 6.07 Å². The minimum atomic E-state index is -3.61. The molecule has 1 aromatic heterocycles. The average Bonchev–Trinajstić information content (AvgIpc) is 2.09. The van der Waals surface area contributed by atoms with Crippen LogP contribution in [0, 0.1) is 18.3 Å². The van der Waals surface area contributed by atoms with Gasteiger partial charge in [-0.25, -0.2) is 13.4 Å². The van der Waals surface area contributed by atoms with Gasteiger partial charge in [-0.1, -0.05) is 11.6 Å². The van der Waals surface area contributed by atoms with Crippen LogP contribution in [-0.2, 0) is 10.0 Å². The molecule has 1 N–H and O–H groups in total. The van der Waals surface area contributed by atoms with Crippen molar-refractivity contribution in [3.63, 3.8) is 0 Å². The molecular weight excluding hydrogens is 238 g/mol. The molecule has 7 heteroatoms. The first-order chi connectivity index (χ1) is 6.94. The number of rotatable bonds is 3. The van der Waals surface area contributed by atoms with Gasteiger partial charge in [0.05, 0.1) is 17.5 Å². The van der Waals surface area contributed by atoms with Crippen LogP contribution in [0.1, 0.15) is 5.69 Å². The normalized spacial score (nSPS) is 10.7. The van der Waals surface area contributed by atoms with E-state index >= 15 is 0 Å². The zero-order chi connectivity index (χ0) is 11.5. The number of pyridine rings is 1. The van der Waals surface area contributed by atoms with Gasteiger partial charge in [0.1, 0.15) is 5.15 Å². The van der Waals surface area contributed by atoms with E-state index in [2.05, 4.69) is 9.71 Å². The molecule has 0 radical (unpaired) electrons. The second kappa shape index (κ2) is 4.47. The SMILES string of the molecule is Cc1nc(Cl)ccc1NS(=O)(=O)CC#N. The number of sulfonamides is 1. The van der Waals surface area contributed by atoms with Gasteiger partial charge in [0.25, 0.3) is 0 Å². The second-order valence-corrected chi connectivity index (χ2v) is 4.90. The molecule has 1 heterocycles. The molecule has 0 aliphatic rings. The average molecular weight is 246 g/mol. The lowest BCUT2D eigenvalue weighted by molar-refractivity contribution is 0.604. The predicted octanol–water partition coefficient (Wildman–Crippen LogP) is 1.31. The van der Waals surface area contributed by atoms with Crippen molar-refractivity contribution in [1.29, 1.82) is 5.26 Å². The fourth-order valence-corrected chi connectivity index (χ4v) is 1.91. The van der Waals surface area contributed by atoms with Gasteiger partial charge in [-0.2, -0.15) is 5.26 Å². The summed E-state index contributed by atoms with van der Waals surface area (Å²) in [6, 6.07) is 4.53. The minimum Gasteiger partial charge on any atom is -0.281 e. The molecule has 0 saturated heterocycles. The van der Waals surface area contributed by atoms with Gasteiger partial charge in [0, 0.05) is 0 Å². The van der Waals surface area contributed by atoms with E-state index in [1.807, 2.05) is 0 Å². The maximum absolute atomic E-state index is 11.2. The van der Waals surface area contributed by atoms with Crippen molar-refractivity contribution in [2.45, 2.75) is 6.92 Å². The Kier molecular flexibility index (Phi) is 3.50. The third kappa shape index (κ3) is 3.38. The monoisotopic (exact) mass is 245 g/mol. The Morgan fingerprint density at radius 3 is 2.80 bits per heavy atom. The summed E-state index contributed by atoms with van der Waals surface area (Å²) in [6.07, 6.45) is 0. The molecule has 0 spiro atoms. The van der Waals surface area contributed by atoms with E-state index in [0.717, 1.165) is 0 Å². The Balaban J connectivity index is 2.96. The molecule has 15 heavy (non-hydrogen) atoms. The van der Waals surface area contributed by atoms with E-state index in [0.29, 0.717) is 11.4 Å². The van der Waals surface area contributed by atoms with Crippen LogP contribution < -0.4 is 4.72 Å². The van der Waals surface area contributed by atoms with E-state index in [1.54, 1.807) is 13.0 Å². The van der Waals surface area contributed by atoms with Crippen LogP contribution in [0.3, 0.4) is 0 Å². The highest BCUT2D eigenvalue weighted by Gasteiger charge is 2.11. The number of aromatic nitrogens is 1. The number of nitrogens with zero attached hydrogens (tertiary/aromatic N) is 2. The lowest BCUT2D eigenvalue weighted by Crippen LogP contribution is -2.16. The van der Waals surface area contributed by atoms with Gasteiger partial charge >= 0.3 is 0 Å². The summed E-state index contributed by atoms with van der Waals surface area (Å²) in [5.41, 5.74) is 0.790. The topological polar surface area (TPSA) is 82.8 Å². The Morgan fingerprint density at radius 2 is 2.27 bits per heavy atom. The summed E-state index contributed by atoms with van der Waals surface area (Å²) < 4.78 is 24.7. The van der Waals surface area contributed by atoms with Crippen LogP contribution in [0.4, 0.5) is 5.69 Å². The number of anilines is 1. The summed E-state index contributed by atoms with van der Waals surface area (Å²) >= 11 is 5.61. The maximum atomic E-state index is 11.2. The van der Waals surface area contributed by atoms with E-state index in [4.69, 9.17) is 16.9 Å². The standard InChI is InChI=1S/C8H8ClN3O2S/c1-6-7(2-3-8(9)11-6)12-15(13,14)5-4-10/h2-3,12H,5H2,1H3. The van der Waals surface area contributed by atoms with Crippen molar-refractivity contribution in [1.82, 2.24) is 4.98 Å². The fraction of sp³-hybridized carbons (Fsp3) is 0.250. The van der Waals surface area contributed by atoms with Crippen LogP contribution in [0.15, 0.2) is 12.1 Å². The number of nitriles is 1. The number of nitrogens with one attached hydrogen (secondary N) is 1. The summed E-state index contributed by atoms with van der Waals surface area (Å²) in [6.45, 7) is 1.62. The molecule has 80 valence electrons. The molecule has 0 aromatic carbocycles. The van der Waals surface area contributed by atoms with Crippen molar-refractivity contribution in [2.24, 2.45) is 0 Å². The molecule has 0 bridgehead atoms. The first-order valence-corrected chi connectivity index (χ1v) is 5.98. The number of hydrogen-bond acceptors (Lipinski definition) is 4. The summed E-state index contributed by atoms with van der Waals surface area (Å²) in [7, 11) is -3.61. The maximum Gasteiger partial charge on any atom is 0.246 e. The molecule has 0 unspecified atom stereocenters. The highest BCUT2D eigenvalue weighted by Crippen LogP contribution is 2.16. The number of halogens is 1. The van der Waals surface area contributed by atoms with Crippen LogP contribution >= 0.6 is 11.6 Å². The predicted molar refractivity (Wildman–Crippen MR) is 57.0 cm³/mol. The smallest absolute Gasteiger partial charge is 0.246 e. The van der Waals surface area contributed by atoms with Gasteiger partial charge in [-0.3, -0.25) is 4.72 Å². The highest BCUT2D eigenvalue weighted by atomic mass is 35.5. The largest absolute Gasteiger partial charge is 0.281 e. The third-order valence-corrected chi connectivity index (χ3v) is 2.82. The molecule has 5 nitrogen and oxygen atoms in total. The van der Waals surface area contributed by atoms with Gasteiger partial charge in [-0.05, 0) is 19.1 Å². The number of aryl methyl sites for hydroxylation is 1. The second-order valence-electron chi connectivity index (χ2n) is 2.79. The van der Waals surface area contributed by atoms with Gasteiger partial charge in [0.15, 0.2) is 5.75 Å². The summed E-state index contributed by atoms with van der Waals surface area (Å²) in [5.74, 6) is -0.588. The molecule has 1 aromatic rings. The fourth-order valence-electron chi connectivity index (χ4n) is 0.927. The van der Waals surface area contributed by atoms with Gasteiger partial charge < -0.3 is 0 Å². The molecular formula is C8H8ClN3O2S. The van der Waals surface area contributed by atoms with Crippen LogP contribution in [0.25, 0.3) is 0 Å². The van der Waals surface area contributed by atoms with Crippen molar-refractivity contribution >= 4 is 27.3 Å². The lowest BCUT2D eigenvalue weighted by atomic mass is 10.3. The molecule has 1 rings (SSSR count). The van der Waals surface area contributed by atoms with E-state index in [1.165, 1.54) is 12.1 Å². The molecule has 0 aliphatic heterocycles. The van der Waals surface area contributed by atoms with E-state index in [-0.39, 0.29) is 5.15 Å². The van der Waals surface area contributed by atoms with Crippen molar-refractivity contribution in [3.05, 3.63) is 23.0 Å². The van der Waals surface area contributed by atoms with E-state index in [9.17, 15) is 8.42 Å². The summed E-state index contributed by atoms with van der Waals surface area (Å²) in [5, 5.41) is 8.58. The lowest BCUT2D eigenvalue weighted by Gasteiger charge is -2.07. The Labute approximate surface area is 92.8 Å².